The van der Waals surface area contributed by atoms with Crippen LogP contribution in [0, 0.1) is 13.8 Å². The van der Waals surface area contributed by atoms with Crippen molar-refractivity contribution >= 4 is 45.2 Å². The third kappa shape index (κ3) is 5.53. The zero-order valence-electron chi connectivity index (χ0n) is 24.2. The third-order valence-electron chi connectivity index (χ3n) is 7.04. The standard InChI is InChI=1S/C30H36ClN5O4/c1-18-12-24-21(14-26(18)35-8-10-36(11-9-35)29(37)40-30(3,4)5)23(31)15-25(32-24)22-13-20-16-34(6)33-27(20)19(2)28(22)39-17-38-7/h12-16H,8-11,17H2,1-7H3. The Bertz CT molecular complexity index is 1590. The molecule has 0 radical (unpaired) electrons. The highest BCUT2D eigenvalue weighted by Gasteiger charge is 2.27. The van der Waals surface area contributed by atoms with E-state index in [2.05, 4.69) is 29.1 Å². The summed E-state index contributed by atoms with van der Waals surface area (Å²) < 4.78 is 18.6. The van der Waals surface area contributed by atoms with Gasteiger partial charge in [0.15, 0.2) is 6.79 Å². The molecule has 9 nitrogen and oxygen atoms in total. The van der Waals surface area contributed by atoms with Crippen LogP contribution in [0.3, 0.4) is 0 Å². The van der Waals surface area contributed by atoms with E-state index in [4.69, 9.17) is 30.8 Å². The normalized spacial score (nSPS) is 14.3. The first-order valence-corrected chi connectivity index (χ1v) is 13.8. The second-order valence-corrected chi connectivity index (χ2v) is 11.7. The number of nitrogens with zero attached hydrogens (tertiary/aromatic N) is 5. The van der Waals surface area contributed by atoms with Gasteiger partial charge in [0.2, 0.25) is 0 Å². The zero-order valence-corrected chi connectivity index (χ0v) is 24.9. The molecule has 0 spiro atoms. The lowest BCUT2D eigenvalue weighted by atomic mass is 10.0. The highest BCUT2D eigenvalue weighted by atomic mass is 35.5. The first-order valence-electron chi connectivity index (χ1n) is 13.4. The number of anilines is 1. The average Bonchev–Trinajstić information content (AvgIpc) is 3.27. The van der Waals surface area contributed by atoms with Crippen LogP contribution >= 0.6 is 11.6 Å². The number of methoxy groups -OCH3 is 1. The first kappa shape index (κ1) is 28.0. The van der Waals surface area contributed by atoms with Gasteiger partial charge in [0.25, 0.3) is 0 Å². The summed E-state index contributed by atoms with van der Waals surface area (Å²) in [6.07, 6.45) is 1.71. The number of hydrogen-bond acceptors (Lipinski definition) is 7. The molecule has 2 aromatic heterocycles. The van der Waals surface area contributed by atoms with Gasteiger partial charge >= 0.3 is 6.09 Å². The molecule has 0 atom stereocenters. The molecule has 212 valence electrons. The molecule has 2 aromatic carbocycles. The monoisotopic (exact) mass is 565 g/mol. The zero-order chi connectivity index (χ0) is 28.8. The molecular formula is C30H36ClN5O4. The minimum Gasteiger partial charge on any atom is -0.466 e. The maximum atomic E-state index is 12.5. The highest BCUT2D eigenvalue weighted by molar-refractivity contribution is 6.35. The van der Waals surface area contributed by atoms with Crippen LogP contribution in [0.5, 0.6) is 5.75 Å². The Labute approximate surface area is 239 Å². The number of aryl methyl sites for hydroxylation is 3. The van der Waals surface area contributed by atoms with Crippen LogP contribution in [0.2, 0.25) is 5.02 Å². The molecule has 10 heteroatoms. The molecule has 0 saturated carbocycles. The Hall–Kier alpha value is -3.56. The minimum absolute atomic E-state index is 0.108. The van der Waals surface area contributed by atoms with Gasteiger partial charge in [0, 0.05) is 74.1 Å². The number of benzene rings is 2. The van der Waals surface area contributed by atoms with Crippen molar-refractivity contribution in [3.63, 3.8) is 0 Å². The van der Waals surface area contributed by atoms with Crippen molar-refractivity contribution in [2.24, 2.45) is 7.05 Å². The lowest BCUT2D eigenvalue weighted by Crippen LogP contribution is -2.50. The lowest BCUT2D eigenvalue weighted by molar-refractivity contribution is 0.0240. The van der Waals surface area contributed by atoms with Gasteiger partial charge in [-0.05, 0) is 64.4 Å². The fourth-order valence-corrected chi connectivity index (χ4v) is 5.44. The molecule has 40 heavy (non-hydrogen) atoms. The quantitative estimate of drug-likeness (QED) is 0.270. The van der Waals surface area contributed by atoms with Crippen LogP contribution in [-0.2, 0) is 16.5 Å². The van der Waals surface area contributed by atoms with E-state index in [0.29, 0.717) is 37.0 Å². The van der Waals surface area contributed by atoms with Gasteiger partial charge in [0.05, 0.1) is 21.7 Å². The smallest absolute Gasteiger partial charge is 0.410 e. The van der Waals surface area contributed by atoms with Gasteiger partial charge in [-0.1, -0.05) is 11.6 Å². The summed E-state index contributed by atoms with van der Waals surface area (Å²) in [7, 11) is 3.49. The van der Waals surface area contributed by atoms with E-state index in [1.807, 2.05) is 53.1 Å². The van der Waals surface area contributed by atoms with E-state index >= 15 is 0 Å². The van der Waals surface area contributed by atoms with Gasteiger partial charge in [-0.3, -0.25) is 4.68 Å². The molecule has 0 bridgehead atoms. The molecule has 0 aliphatic carbocycles. The fraction of sp³-hybridized carbons (Fsp3) is 0.433. The summed E-state index contributed by atoms with van der Waals surface area (Å²) in [5.41, 5.74) is 5.81. The second-order valence-electron chi connectivity index (χ2n) is 11.3. The summed E-state index contributed by atoms with van der Waals surface area (Å²) in [5, 5.41) is 7.07. The van der Waals surface area contributed by atoms with Crippen molar-refractivity contribution in [2.75, 3.05) is 45.0 Å². The van der Waals surface area contributed by atoms with Crippen LogP contribution in [0.25, 0.3) is 33.1 Å². The largest absolute Gasteiger partial charge is 0.466 e. The van der Waals surface area contributed by atoms with Crippen LogP contribution in [-0.4, -0.2) is 71.4 Å². The Morgan fingerprint density at radius 3 is 2.48 bits per heavy atom. The van der Waals surface area contributed by atoms with E-state index in [-0.39, 0.29) is 12.9 Å². The first-order chi connectivity index (χ1) is 18.9. The van der Waals surface area contributed by atoms with E-state index in [0.717, 1.165) is 49.9 Å². The maximum absolute atomic E-state index is 12.5. The number of pyridine rings is 1. The minimum atomic E-state index is -0.509. The molecule has 1 amide bonds. The summed E-state index contributed by atoms with van der Waals surface area (Å²) in [5.74, 6) is 0.673. The van der Waals surface area contributed by atoms with Crippen molar-refractivity contribution in [2.45, 2.75) is 40.2 Å². The van der Waals surface area contributed by atoms with E-state index in [9.17, 15) is 4.79 Å². The van der Waals surface area contributed by atoms with E-state index < -0.39 is 5.60 Å². The predicted octanol–water partition coefficient (Wildman–Crippen LogP) is 6.10. The molecule has 1 fully saturated rings. The van der Waals surface area contributed by atoms with E-state index in [1.165, 1.54) is 0 Å². The predicted molar refractivity (Wildman–Crippen MR) is 158 cm³/mol. The van der Waals surface area contributed by atoms with Crippen molar-refractivity contribution in [1.29, 1.82) is 0 Å². The third-order valence-corrected chi connectivity index (χ3v) is 7.36. The highest BCUT2D eigenvalue weighted by Crippen LogP contribution is 2.40. The van der Waals surface area contributed by atoms with Crippen LogP contribution in [0.1, 0.15) is 31.9 Å². The summed E-state index contributed by atoms with van der Waals surface area (Å²) >= 11 is 6.91. The molecule has 0 unspecified atom stereocenters. The van der Waals surface area contributed by atoms with Gasteiger partial charge in [-0.2, -0.15) is 5.10 Å². The molecule has 1 aliphatic heterocycles. The lowest BCUT2D eigenvalue weighted by Gasteiger charge is -2.37. The molecule has 4 aromatic rings. The van der Waals surface area contributed by atoms with E-state index in [1.54, 1.807) is 16.7 Å². The van der Waals surface area contributed by atoms with Gasteiger partial charge < -0.3 is 24.0 Å². The Kier molecular flexibility index (Phi) is 7.54. The number of piperazine rings is 1. The number of fused-ring (bicyclic) bond motifs is 2. The SMILES string of the molecule is COCOc1c(-c2cc(Cl)c3cc(N4CCN(C(=O)OC(C)(C)C)CC4)c(C)cc3n2)cc2cn(C)nc2c1C. The van der Waals surface area contributed by atoms with Crippen molar-refractivity contribution < 1.29 is 19.0 Å². The Morgan fingerprint density at radius 1 is 1.07 bits per heavy atom. The molecular weight excluding hydrogens is 530 g/mol. The van der Waals surface area contributed by atoms with Crippen LogP contribution in [0.15, 0.2) is 30.5 Å². The Morgan fingerprint density at radius 2 is 1.80 bits per heavy atom. The number of carbonyl (C=O) groups excluding carboxylic acids is 1. The van der Waals surface area contributed by atoms with Crippen LogP contribution < -0.4 is 9.64 Å². The summed E-state index contributed by atoms with van der Waals surface area (Å²) in [6.45, 7) is 12.4. The van der Waals surface area contributed by atoms with Gasteiger partial charge in [-0.15, -0.1) is 0 Å². The Balaban J connectivity index is 1.48. The average molecular weight is 566 g/mol. The van der Waals surface area contributed by atoms with Crippen molar-refractivity contribution in [3.05, 3.63) is 46.6 Å². The number of halogens is 1. The number of carbonyl (C=O) groups is 1. The number of hydrogen-bond donors (Lipinski definition) is 0. The van der Waals surface area contributed by atoms with Crippen LogP contribution in [0.4, 0.5) is 10.5 Å². The number of ether oxygens (including phenoxy) is 3. The van der Waals surface area contributed by atoms with Gasteiger partial charge in [-0.25, -0.2) is 9.78 Å². The molecule has 0 N–H and O–H groups in total. The summed E-state index contributed by atoms with van der Waals surface area (Å²) in [6, 6.07) is 8.10. The van der Waals surface area contributed by atoms with Crippen molar-refractivity contribution in [1.82, 2.24) is 19.7 Å². The number of amides is 1. The fourth-order valence-electron chi connectivity index (χ4n) is 5.19. The molecule has 5 rings (SSSR count). The summed E-state index contributed by atoms with van der Waals surface area (Å²) in [4.78, 5) is 21.6. The maximum Gasteiger partial charge on any atom is 0.410 e. The van der Waals surface area contributed by atoms with Crippen molar-refractivity contribution in [3.8, 4) is 17.0 Å². The molecule has 1 saturated heterocycles. The topological polar surface area (TPSA) is 82.0 Å². The number of rotatable bonds is 5. The second kappa shape index (κ2) is 10.8. The molecule has 3 heterocycles. The number of aromatic nitrogens is 3. The molecule has 1 aliphatic rings. The van der Waals surface area contributed by atoms with Gasteiger partial charge in [0.1, 0.15) is 11.4 Å².